The second-order valence-electron chi connectivity index (χ2n) is 1.58. The highest BCUT2D eigenvalue weighted by atomic mass is 31.1. The summed E-state index contributed by atoms with van der Waals surface area (Å²) in [5, 5.41) is 3.31. The van der Waals surface area contributed by atoms with Crippen molar-refractivity contribution in [2.45, 2.75) is 12.2 Å². The zero-order chi connectivity index (χ0) is 4.41. The van der Waals surface area contributed by atoms with E-state index in [1.807, 2.05) is 0 Å². The van der Waals surface area contributed by atoms with Crippen molar-refractivity contribution in [3.05, 3.63) is 0 Å². The summed E-state index contributed by atoms with van der Waals surface area (Å²) in [4.78, 5) is 0. The fourth-order valence-corrected chi connectivity index (χ4v) is 1.32. The van der Waals surface area contributed by atoms with E-state index in [0.717, 1.165) is 14.4 Å². The molecule has 1 nitrogen and oxygen atoms in total. The van der Waals surface area contributed by atoms with Crippen LogP contribution in [-0.4, -0.2) is 19.0 Å². The van der Waals surface area contributed by atoms with Gasteiger partial charge in [0, 0.05) is 5.78 Å². The molecule has 0 amide bonds. The molecule has 2 heteroatoms. The third kappa shape index (κ3) is 0.717. The molecular formula is C4H10NP. The first-order chi connectivity index (χ1) is 2.93. The van der Waals surface area contributed by atoms with Crippen LogP contribution in [0.15, 0.2) is 0 Å². The van der Waals surface area contributed by atoms with Gasteiger partial charge in [0.25, 0.3) is 0 Å². The van der Waals surface area contributed by atoms with Crippen molar-refractivity contribution in [1.29, 1.82) is 0 Å². The minimum Gasteiger partial charge on any atom is -0.310 e. The third-order valence-corrected chi connectivity index (χ3v) is 2.36. The first kappa shape index (κ1) is 4.55. The Kier molecular flexibility index (Phi) is 1.44. The predicted molar refractivity (Wildman–Crippen MR) is 30.6 cm³/mol. The molecule has 0 saturated carbocycles. The molecule has 6 heavy (non-hydrogen) atoms. The van der Waals surface area contributed by atoms with Crippen LogP contribution in [0.5, 0.6) is 0 Å². The number of hydrogen-bond acceptors (Lipinski definition) is 1. The fraction of sp³-hybridized carbons (Fsp3) is 1.00. The molecule has 0 aromatic carbocycles. The Hall–Kier alpha value is 0.390. The van der Waals surface area contributed by atoms with Crippen LogP contribution in [0.2, 0.25) is 0 Å². The molecule has 1 saturated heterocycles. The van der Waals surface area contributed by atoms with Crippen LogP contribution in [0.25, 0.3) is 0 Å². The molecule has 2 atom stereocenters. The maximum atomic E-state index is 3.31. The summed E-state index contributed by atoms with van der Waals surface area (Å²) < 4.78 is 0. The van der Waals surface area contributed by atoms with Crippen LogP contribution in [0.1, 0.15) is 6.42 Å². The fourth-order valence-electron chi connectivity index (χ4n) is 0.535. The van der Waals surface area contributed by atoms with Crippen molar-refractivity contribution < 1.29 is 0 Å². The average Bonchev–Trinajstić information content (AvgIpc) is 1.31. The summed E-state index contributed by atoms with van der Waals surface area (Å²) in [7, 11) is 1.11. The number of hydrogen-bond donors (Lipinski definition) is 1. The Balaban J connectivity index is 2.01. The third-order valence-electron chi connectivity index (χ3n) is 1.17. The zero-order valence-electron chi connectivity index (χ0n) is 3.99. The maximum Gasteiger partial charge on any atom is 0.0249 e. The van der Waals surface area contributed by atoms with E-state index in [1.54, 1.807) is 0 Å². The monoisotopic (exact) mass is 103 g/mol. The molecule has 1 heterocycles. The van der Waals surface area contributed by atoms with Gasteiger partial charge in [0.15, 0.2) is 0 Å². The Morgan fingerprint density at radius 1 is 1.83 bits per heavy atom. The quantitative estimate of drug-likeness (QED) is 0.479. The average molecular weight is 103 g/mol. The van der Waals surface area contributed by atoms with Crippen LogP contribution >= 0.6 is 8.58 Å². The molecule has 0 radical (unpaired) electrons. The highest BCUT2D eigenvalue weighted by Gasteiger charge is 2.11. The Labute approximate surface area is 40.3 Å². The van der Waals surface area contributed by atoms with E-state index in [4.69, 9.17) is 0 Å². The summed E-state index contributed by atoms with van der Waals surface area (Å²) in [5.74, 6) is 0.894. The summed E-state index contributed by atoms with van der Waals surface area (Å²) in [6.45, 7) is 3.50. The Morgan fingerprint density at radius 2 is 2.50 bits per heavy atom. The molecule has 1 rings (SSSR count). The van der Waals surface area contributed by atoms with Crippen molar-refractivity contribution >= 4 is 8.58 Å². The lowest BCUT2D eigenvalue weighted by molar-refractivity contribution is 0.483. The topological polar surface area (TPSA) is 12.0 Å². The van der Waals surface area contributed by atoms with Crippen LogP contribution in [0, 0.1) is 0 Å². The van der Waals surface area contributed by atoms with Crippen LogP contribution < -0.4 is 5.32 Å². The summed E-state index contributed by atoms with van der Waals surface area (Å²) in [6, 6.07) is 0. The smallest absolute Gasteiger partial charge is 0.0249 e. The Bertz CT molecular complexity index is 40.1. The maximum absolute atomic E-state index is 3.31. The minimum atomic E-state index is 0.894. The highest BCUT2D eigenvalue weighted by molar-refractivity contribution is 7.37. The summed E-state index contributed by atoms with van der Waals surface area (Å²) >= 11 is 0. The van der Waals surface area contributed by atoms with Crippen molar-refractivity contribution in [3.8, 4) is 0 Å². The van der Waals surface area contributed by atoms with E-state index < -0.39 is 0 Å². The molecule has 1 aliphatic rings. The van der Waals surface area contributed by atoms with E-state index in [9.17, 15) is 0 Å². The molecule has 0 bridgehead atoms. The molecule has 0 aromatic heterocycles. The van der Waals surface area contributed by atoms with Gasteiger partial charge in [0.2, 0.25) is 0 Å². The van der Waals surface area contributed by atoms with E-state index in [1.165, 1.54) is 13.0 Å². The van der Waals surface area contributed by atoms with Gasteiger partial charge in [0.05, 0.1) is 0 Å². The second-order valence-corrected chi connectivity index (χ2v) is 2.86. The van der Waals surface area contributed by atoms with Crippen molar-refractivity contribution in [2.24, 2.45) is 0 Å². The van der Waals surface area contributed by atoms with Gasteiger partial charge in [-0.2, -0.15) is 0 Å². The lowest BCUT2D eigenvalue weighted by Gasteiger charge is -2.25. The van der Waals surface area contributed by atoms with Gasteiger partial charge < -0.3 is 5.32 Å². The first-order valence-electron chi connectivity index (χ1n) is 2.34. The molecule has 2 unspecified atom stereocenters. The van der Waals surface area contributed by atoms with Gasteiger partial charge >= 0.3 is 0 Å². The normalized spacial score (nSPS) is 34.5. The number of rotatable bonds is 1. The summed E-state index contributed by atoms with van der Waals surface area (Å²) in [6.07, 6.45) is 1.41. The zero-order valence-corrected chi connectivity index (χ0v) is 4.99. The largest absolute Gasteiger partial charge is 0.310 e. The van der Waals surface area contributed by atoms with Crippen LogP contribution in [-0.2, 0) is 0 Å². The lowest BCUT2D eigenvalue weighted by Crippen LogP contribution is -2.38. The second kappa shape index (κ2) is 1.90. The minimum absolute atomic E-state index is 0.894. The number of nitrogens with one attached hydrogen (secondary N) is 1. The van der Waals surface area contributed by atoms with Crippen molar-refractivity contribution in [2.75, 3.05) is 13.2 Å². The molecular weight excluding hydrogens is 93.0 g/mol. The Morgan fingerprint density at radius 3 is 2.50 bits per heavy atom. The van der Waals surface area contributed by atoms with Gasteiger partial charge in [-0.25, -0.2) is 0 Å². The van der Waals surface area contributed by atoms with Gasteiger partial charge in [-0.1, -0.05) is 0 Å². The molecule has 1 aliphatic heterocycles. The molecule has 1 N–H and O–H groups in total. The molecule has 0 aliphatic carbocycles. The van der Waals surface area contributed by atoms with Crippen LogP contribution in [0.3, 0.4) is 0 Å². The molecule has 0 aromatic rings. The van der Waals surface area contributed by atoms with Crippen molar-refractivity contribution in [1.82, 2.24) is 5.32 Å². The SMILES string of the molecule is CPC1CCN1. The first-order valence-corrected chi connectivity index (χ1v) is 3.92. The van der Waals surface area contributed by atoms with E-state index in [0.29, 0.717) is 0 Å². The predicted octanol–water partition coefficient (Wildman–Crippen LogP) is 0.614. The van der Waals surface area contributed by atoms with Crippen molar-refractivity contribution in [3.63, 3.8) is 0 Å². The molecule has 36 valence electrons. The summed E-state index contributed by atoms with van der Waals surface area (Å²) in [5.41, 5.74) is 0. The highest BCUT2D eigenvalue weighted by Crippen LogP contribution is 2.19. The van der Waals surface area contributed by atoms with Gasteiger partial charge in [-0.15, -0.1) is 8.58 Å². The molecule has 1 fully saturated rings. The van der Waals surface area contributed by atoms with Gasteiger partial charge in [0.1, 0.15) is 0 Å². The molecule has 0 spiro atoms. The van der Waals surface area contributed by atoms with E-state index in [2.05, 4.69) is 12.0 Å². The van der Waals surface area contributed by atoms with Gasteiger partial charge in [-0.3, -0.25) is 0 Å². The van der Waals surface area contributed by atoms with E-state index in [-0.39, 0.29) is 0 Å². The lowest BCUT2D eigenvalue weighted by atomic mass is 10.3. The van der Waals surface area contributed by atoms with Crippen LogP contribution in [0.4, 0.5) is 0 Å². The van der Waals surface area contributed by atoms with Gasteiger partial charge in [-0.05, 0) is 19.6 Å². The standard InChI is InChI=1S/C4H10NP/c1-6-4-2-3-5-4/h4-6H,2-3H2,1H3. The van der Waals surface area contributed by atoms with E-state index >= 15 is 0 Å².